The Balaban J connectivity index is 1.44. The fourth-order valence-corrected chi connectivity index (χ4v) is 3.75. The van der Waals surface area contributed by atoms with Gasteiger partial charge in [0.1, 0.15) is 5.76 Å². The van der Waals surface area contributed by atoms with Crippen LogP contribution in [0.1, 0.15) is 57.4 Å². The van der Waals surface area contributed by atoms with Crippen LogP contribution in [-0.4, -0.2) is 41.5 Å². The number of carbonyl (C=O) groups excluding carboxylic acids is 2. The van der Waals surface area contributed by atoms with Gasteiger partial charge in [0.2, 0.25) is 11.8 Å². The Labute approximate surface area is 155 Å². The molecule has 3 rings (SSSR count). The summed E-state index contributed by atoms with van der Waals surface area (Å²) >= 11 is 0. The number of aryl methyl sites for hydroxylation is 1. The van der Waals surface area contributed by atoms with Gasteiger partial charge in [0, 0.05) is 31.6 Å². The first-order valence-corrected chi connectivity index (χ1v) is 10.0. The van der Waals surface area contributed by atoms with Crippen LogP contribution in [0.3, 0.4) is 0 Å². The van der Waals surface area contributed by atoms with Crippen LogP contribution in [0.25, 0.3) is 0 Å². The number of hydrogen-bond acceptors (Lipinski definition) is 4. The fraction of sp³-hybridized carbons (Fsp3) is 0.750. The molecular weight excluding hydrogens is 330 g/mol. The number of amides is 2. The average Bonchev–Trinajstić information content (AvgIpc) is 3.14. The molecule has 1 aromatic heterocycles. The Bertz CT molecular complexity index is 624. The maximum Gasteiger partial charge on any atom is 0.227 e. The monoisotopic (exact) mass is 361 g/mol. The molecule has 144 valence electrons. The molecule has 1 heterocycles. The van der Waals surface area contributed by atoms with Gasteiger partial charge in [-0.25, -0.2) is 0 Å². The first-order valence-electron chi connectivity index (χ1n) is 10.0. The quantitative estimate of drug-likeness (QED) is 0.733. The van der Waals surface area contributed by atoms with Crippen LogP contribution in [0, 0.1) is 17.8 Å². The summed E-state index contributed by atoms with van der Waals surface area (Å²) in [5.41, 5.74) is 0.861. The molecule has 0 spiro atoms. The zero-order chi connectivity index (χ0) is 18.5. The topological polar surface area (TPSA) is 75.4 Å². The molecule has 2 aliphatic carbocycles. The zero-order valence-corrected chi connectivity index (χ0v) is 16.0. The fourth-order valence-electron chi connectivity index (χ4n) is 3.75. The van der Waals surface area contributed by atoms with Crippen LogP contribution in [-0.2, 0) is 22.4 Å². The molecule has 0 saturated heterocycles. The third-order valence-electron chi connectivity index (χ3n) is 5.54. The van der Waals surface area contributed by atoms with Crippen LogP contribution in [0.15, 0.2) is 10.6 Å². The molecule has 2 saturated carbocycles. The summed E-state index contributed by atoms with van der Waals surface area (Å²) < 4.78 is 5.15. The second-order valence-electron chi connectivity index (χ2n) is 8.01. The van der Waals surface area contributed by atoms with Gasteiger partial charge in [-0.15, -0.1) is 0 Å². The lowest BCUT2D eigenvalue weighted by atomic mass is 10.0. The normalized spacial score (nSPS) is 22.4. The lowest BCUT2D eigenvalue weighted by Crippen LogP contribution is -2.42. The molecule has 0 aromatic carbocycles. The van der Waals surface area contributed by atoms with Crippen molar-refractivity contribution >= 4 is 11.8 Å². The average molecular weight is 361 g/mol. The molecule has 6 heteroatoms. The molecule has 0 radical (unpaired) electrons. The summed E-state index contributed by atoms with van der Waals surface area (Å²) in [5, 5.41) is 6.82. The summed E-state index contributed by atoms with van der Waals surface area (Å²) in [6.07, 6.45) is 6.62. The summed E-state index contributed by atoms with van der Waals surface area (Å²) in [5.74, 6) is 2.29. The molecule has 26 heavy (non-hydrogen) atoms. The lowest BCUT2D eigenvalue weighted by molar-refractivity contribution is -0.136. The first-order chi connectivity index (χ1) is 12.5. The minimum atomic E-state index is -0.0860. The summed E-state index contributed by atoms with van der Waals surface area (Å²) in [6, 6.07) is 1.82. The third-order valence-corrected chi connectivity index (χ3v) is 5.54. The highest BCUT2D eigenvalue weighted by Gasteiger charge is 2.33. The molecule has 2 atom stereocenters. The maximum absolute atomic E-state index is 12.8. The van der Waals surface area contributed by atoms with E-state index < -0.39 is 0 Å². The van der Waals surface area contributed by atoms with E-state index in [4.69, 9.17) is 4.52 Å². The van der Waals surface area contributed by atoms with Gasteiger partial charge in [-0.05, 0) is 50.4 Å². The van der Waals surface area contributed by atoms with Crippen molar-refractivity contribution in [2.75, 3.05) is 19.6 Å². The standard InChI is InChI=1S/C20H31N3O3/c1-3-17-11-18(26-22-17)12-19(24)21-8-9-23(13-15-5-6-15)20(25)16-7-4-14(2)10-16/h11,14-16H,3-10,12-13H2,1-2H3,(H,21,24). The van der Waals surface area contributed by atoms with Gasteiger partial charge < -0.3 is 14.7 Å². The number of hydrogen-bond donors (Lipinski definition) is 1. The molecule has 2 amide bonds. The smallest absolute Gasteiger partial charge is 0.227 e. The third kappa shape index (κ3) is 5.32. The van der Waals surface area contributed by atoms with E-state index >= 15 is 0 Å². The van der Waals surface area contributed by atoms with E-state index in [-0.39, 0.29) is 18.2 Å². The highest BCUT2D eigenvalue weighted by atomic mass is 16.5. The predicted octanol–water partition coefficient (Wildman–Crippen LogP) is 2.57. The van der Waals surface area contributed by atoms with Crippen molar-refractivity contribution in [3.63, 3.8) is 0 Å². The Kier molecular flexibility index (Phi) is 6.33. The van der Waals surface area contributed by atoms with Crippen LogP contribution in [0.4, 0.5) is 0 Å². The van der Waals surface area contributed by atoms with Crippen LogP contribution in [0.2, 0.25) is 0 Å². The van der Waals surface area contributed by atoms with E-state index in [1.807, 2.05) is 17.9 Å². The molecule has 1 aromatic rings. The van der Waals surface area contributed by atoms with Crippen molar-refractivity contribution in [2.24, 2.45) is 17.8 Å². The van der Waals surface area contributed by atoms with E-state index in [0.717, 1.165) is 37.9 Å². The summed E-state index contributed by atoms with van der Waals surface area (Å²) in [7, 11) is 0. The van der Waals surface area contributed by atoms with Gasteiger partial charge in [-0.2, -0.15) is 0 Å². The molecule has 0 aliphatic heterocycles. The van der Waals surface area contributed by atoms with Crippen LogP contribution < -0.4 is 5.32 Å². The van der Waals surface area contributed by atoms with Gasteiger partial charge in [0.05, 0.1) is 12.1 Å². The molecule has 1 N–H and O–H groups in total. The highest BCUT2D eigenvalue weighted by molar-refractivity contribution is 5.80. The van der Waals surface area contributed by atoms with Gasteiger partial charge in [-0.1, -0.05) is 19.0 Å². The second kappa shape index (κ2) is 8.69. The SMILES string of the molecule is CCc1cc(CC(=O)NCCN(CC2CC2)C(=O)C2CCC(C)C2)on1. The Morgan fingerprint density at radius 1 is 1.31 bits per heavy atom. The van der Waals surface area contributed by atoms with Crippen LogP contribution >= 0.6 is 0 Å². The Morgan fingerprint density at radius 3 is 2.73 bits per heavy atom. The zero-order valence-electron chi connectivity index (χ0n) is 16.0. The number of rotatable bonds is 9. The predicted molar refractivity (Wildman–Crippen MR) is 98.4 cm³/mol. The van der Waals surface area contributed by atoms with E-state index in [2.05, 4.69) is 17.4 Å². The Morgan fingerprint density at radius 2 is 2.12 bits per heavy atom. The van der Waals surface area contributed by atoms with Crippen molar-refractivity contribution in [2.45, 2.75) is 58.8 Å². The first kappa shape index (κ1) is 18.9. The summed E-state index contributed by atoms with van der Waals surface area (Å²) in [4.78, 5) is 26.9. The maximum atomic E-state index is 12.8. The number of aromatic nitrogens is 1. The van der Waals surface area contributed by atoms with Gasteiger partial charge in [0.15, 0.2) is 0 Å². The van der Waals surface area contributed by atoms with Crippen LogP contribution in [0.5, 0.6) is 0 Å². The number of nitrogens with zero attached hydrogens (tertiary/aromatic N) is 2. The molecule has 2 unspecified atom stereocenters. The second-order valence-corrected chi connectivity index (χ2v) is 8.01. The van der Waals surface area contributed by atoms with E-state index in [9.17, 15) is 9.59 Å². The largest absolute Gasteiger partial charge is 0.361 e. The van der Waals surface area contributed by atoms with Gasteiger partial charge in [0.25, 0.3) is 0 Å². The van der Waals surface area contributed by atoms with Gasteiger partial charge in [-0.3, -0.25) is 9.59 Å². The van der Waals surface area contributed by atoms with Crippen molar-refractivity contribution in [1.82, 2.24) is 15.4 Å². The number of carbonyl (C=O) groups is 2. The molecule has 6 nitrogen and oxygen atoms in total. The number of nitrogens with one attached hydrogen (secondary N) is 1. The Hall–Kier alpha value is -1.85. The van der Waals surface area contributed by atoms with Crippen molar-refractivity contribution in [1.29, 1.82) is 0 Å². The minimum Gasteiger partial charge on any atom is -0.361 e. The minimum absolute atomic E-state index is 0.0860. The van der Waals surface area contributed by atoms with Crippen molar-refractivity contribution in [3.05, 3.63) is 17.5 Å². The van der Waals surface area contributed by atoms with E-state index in [1.165, 1.54) is 12.8 Å². The highest BCUT2D eigenvalue weighted by Crippen LogP contribution is 2.34. The lowest BCUT2D eigenvalue weighted by Gasteiger charge is -2.26. The van der Waals surface area contributed by atoms with E-state index in [0.29, 0.717) is 36.6 Å². The van der Waals surface area contributed by atoms with Crippen molar-refractivity contribution in [3.8, 4) is 0 Å². The van der Waals surface area contributed by atoms with Crippen molar-refractivity contribution < 1.29 is 14.1 Å². The molecule has 2 fully saturated rings. The van der Waals surface area contributed by atoms with Gasteiger partial charge >= 0.3 is 0 Å². The van der Waals surface area contributed by atoms with E-state index in [1.54, 1.807) is 0 Å². The molecular formula is C20H31N3O3. The molecule has 2 aliphatic rings. The molecule has 0 bridgehead atoms. The summed E-state index contributed by atoms with van der Waals surface area (Å²) in [6.45, 7) is 6.17.